The third-order valence-electron chi connectivity index (χ3n) is 5.54. The molecule has 0 saturated carbocycles. The van der Waals surface area contributed by atoms with Crippen molar-refractivity contribution >= 4 is 29.1 Å². The molecule has 0 aliphatic carbocycles. The number of halogens is 4. The van der Waals surface area contributed by atoms with E-state index in [-0.39, 0.29) is 0 Å². The number of ether oxygens (including phenoxy) is 2. The van der Waals surface area contributed by atoms with Crippen molar-refractivity contribution in [3.8, 4) is 22.6 Å². The number of aryl methyl sites for hydroxylation is 2. The minimum Gasteiger partial charge on any atom is -0.497 e. The number of pyridine rings is 1. The maximum absolute atomic E-state index is 9.75. The first-order chi connectivity index (χ1) is 15.0. The lowest BCUT2D eigenvalue weighted by Crippen LogP contribution is -2.30. The van der Waals surface area contributed by atoms with Gasteiger partial charge in [0, 0.05) is 17.7 Å². The number of hydrogen-bond donors (Lipinski definition) is 0. The third-order valence-corrected chi connectivity index (χ3v) is 5.54. The van der Waals surface area contributed by atoms with E-state index in [0.29, 0.717) is 0 Å². The molecular weight excluding hydrogens is 421 g/mol. The van der Waals surface area contributed by atoms with Crippen molar-refractivity contribution in [2.75, 3.05) is 14.2 Å². The van der Waals surface area contributed by atoms with Crippen molar-refractivity contribution in [2.45, 2.75) is 13.8 Å². The third kappa shape index (κ3) is 4.79. The zero-order valence-electron chi connectivity index (χ0n) is 18.5. The molecule has 0 amide bonds. The molecule has 1 heterocycles. The summed E-state index contributed by atoms with van der Waals surface area (Å²) in [6, 6.07) is 19.1. The number of fused-ring (bicyclic) bond motifs is 2. The Hall–Kier alpha value is -3.29. The zero-order valence-corrected chi connectivity index (χ0v) is 18.5. The first-order valence-corrected chi connectivity index (χ1v) is 9.96. The van der Waals surface area contributed by atoms with E-state index in [1.165, 1.54) is 44.1 Å². The standard InChI is InChI=1S/C24H24NO2.BF4/c1-15-7-6-8-19(16(15)2)24-20-13-17(26-4)9-11-22(20)25(3)23-12-10-18(27-5)14-21(23)24;2-1(3,4)5/h6-14H,1-5H3;/q+1;-1. The van der Waals surface area contributed by atoms with Crippen LogP contribution in [0.2, 0.25) is 0 Å². The highest BCUT2D eigenvalue weighted by Crippen LogP contribution is 2.38. The molecule has 0 N–H and O–H groups in total. The quantitative estimate of drug-likeness (QED) is 0.157. The second-order valence-corrected chi connectivity index (χ2v) is 7.44. The van der Waals surface area contributed by atoms with Crippen LogP contribution < -0.4 is 14.0 Å². The Kier molecular flexibility index (Phi) is 6.62. The van der Waals surface area contributed by atoms with Crippen molar-refractivity contribution in [1.82, 2.24) is 0 Å². The molecule has 32 heavy (non-hydrogen) atoms. The number of aromatic nitrogens is 1. The maximum Gasteiger partial charge on any atom is 0.673 e. The monoisotopic (exact) mass is 445 g/mol. The average Bonchev–Trinajstić information content (AvgIpc) is 2.74. The molecule has 0 bridgehead atoms. The highest BCUT2D eigenvalue weighted by atomic mass is 19.5. The Morgan fingerprint density at radius 2 is 1.22 bits per heavy atom. The molecule has 168 valence electrons. The number of nitrogens with zero attached hydrogens (tertiary/aromatic N) is 1. The molecule has 0 spiro atoms. The summed E-state index contributed by atoms with van der Waals surface area (Å²) in [6.45, 7) is 4.35. The van der Waals surface area contributed by atoms with E-state index in [0.717, 1.165) is 11.5 Å². The van der Waals surface area contributed by atoms with Gasteiger partial charge in [0.05, 0.1) is 25.0 Å². The zero-order chi connectivity index (χ0) is 23.6. The number of methoxy groups -OCH3 is 2. The van der Waals surface area contributed by atoms with Gasteiger partial charge in [0.1, 0.15) is 18.5 Å². The van der Waals surface area contributed by atoms with Crippen LogP contribution in [0.3, 0.4) is 0 Å². The fourth-order valence-electron chi connectivity index (χ4n) is 3.86. The van der Waals surface area contributed by atoms with Crippen LogP contribution in [0.4, 0.5) is 17.3 Å². The van der Waals surface area contributed by atoms with Gasteiger partial charge in [-0.1, -0.05) is 18.2 Å². The van der Waals surface area contributed by atoms with E-state index >= 15 is 0 Å². The van der Waals surface area contributed by atoms with Gasteiger partial charge in [0.15, 0.2) is 0 Å². The molecule has 4 aromatic rings. The fourth-order valence-corrected chi connectivity index (χ4v) is 3.86. The topological polar surface area (TPSA) is 22.3 Å². The molecule has 3 aromatic carbocycles. The minimum atomic E-state index is -6.00. The van der Waals surface area contributed by atoms with Gasteiger partial charge in [-0.3, -0.25) is 0 Å². The Balaban J connectivity index is 0.000000523. The van der Waals surface area contributed by atoms with Gasteiger partial charge in [0.2, 0.25) is 11.0 Å². The summed E-state index contributed by atoms with van der Waals surface area (Å²) in [7, 11) is -0.470. The van der Waals surface area contributed by atoms with Crippen LogP contribution in [0.5, 0.6) is 11.5 Å². The highest BCUT2D eigenvalue weighted by Gasteiger charge is 2.22. The molecule has 4 rings (SSSR count). The smallest absolute Gasteiger partial charge is 0.497 e. The van der Waals surface area contributed by atoms with E-state index in [9.17, 15) is 17.3 Å². The van der Waals surface area contributed by atoms with E-state index in [2.05, 4.69) is 67.9 Å². The van der Waals surface area contributed by atoms with Crippen molar-refractivity contribution in [3.05, 3.63) is 65.7 Å². The van der Waals surface area contributed by atoms with Gasteiger partial charge in [-0.15, -0.1) is 0 Å². The number of benzene rings is 3. The molecule has 0 atom stereocenters. The normalized spacial score (nSPS) is 11.3. The van der Waals surface area contributed by atoms with Gasteiger partial charge in [-0.25, -0.2) is 0 Å². The maximum atomic E-state index is 9.75. The molecule has 0 radical (unpaired) electrons. The van der Waals surface area contributed by atoms with Gasteiger partial charge in [0.25, 0.3) is 0 Å². The lowest BCUT2D eigenvalue weighted by molar-refractivity contribution is -0.617. The van der Waals surface area contributed by atoms with Crippen molar-refractivity contribution < 1.29 is 31.3 Å². The SMILES string of the molecule is COc1ccc2c(c1)c(-c1cccc(C)c1C)c1cc(OC)ccc1[n+]2C.F[B-](F)(F)F. The summed E-state index contributed by atoms with van der Waals surface area (Å²) in [5.74, 6) is 1.72. The van der Waals surface area contributed by atoms with Gasteiger partial charge in [-0.2, -0.15) is 4.57 Å². The summed E-state index contributed by atoms with van der Waals surface area (Å²) in [5, 5.41) is 2.35. The molecule has 3 nitrogen and oxygen atoms in total. The Morgan fingerprint density at radius 1 is 0.750 bits per heavy atom. The summed E-state index contributed by atoms with van der Waals surface area (Å²) >= 11 is 0. The van der Waals surface area contributed by atoms with E-state index in [1.54, 1.807) is 14.2 Å². The second-order valence-electron chi connectivity index (χ2n) is 7.44. The van der Waals surface area contributed by atoms with Crippen LogP contribution in [-0.2, 0) is 7.05 Å². The first-order valence-electron chi connectivity index (χ1n) is 9.96. The fraction of sp³-hybridized carbons (Fsp3) is 0.208. The predicted molar refractivity (Wildman–Crippen MR) is 121 cm³/mol. The molecule has 0 aliphatic heterocycles. The lowest BCUT2D eigenvalue weighted by atomic mass is 9.91. The van der Waals surface area contributed by atoms with Crippen molar-refractivity contribution in [1.29, 1.82) is 0 Å². The van der Waals surface area contributed by atoms with Crippen LogP contribution in [0, 0.1) is 13.8 Å². The molecule has 1 aromatic heterocycles. The Labute approximate surface area is 184 Å². The first kappa shape index (κ1) is 23.4. The molecule has 0 fully saturated rings. The van der Waals surface area contributed by atoms with Crippen LogP contribution in [0.1, 0.15) is 11.1 Å². The van der Waals surface area contributed by atoms with Gasteiger partial charge in [-0.05, 0) is 54.8 Å². The highest BCUT2D eigenvalue weighted by molar-refractivity contribution is 6.50. The molecule has 0 saturated heterocycles. The van der Waals surface area contributed by atoms with Gasteiger partial charge >= 0.3 is 7.25 Å². The average molecular weight is 445 g/mol. The number of rotatable bonds is 3. The van der Waals surface area contributed by atoms with Crippen molar-refractivity contribution in [3.63, 3.8) is 0 Å². The van der Waals surface area contributed by atoms with E-state index < -0.39 is 7.25 Å². The molecule has 8 heteroatoms. The van der Waals surface area contributed by atoms with Gasteiger partial charge < -0.3 is 26.7 Å². The van der Waals surface area contributed by atoms with Crippen LogP contribution in [-0.4, -0.2) is 21.5 Å². The van der Waals surface area contributed by atoms with Crippen LogP contribution in [0.25, 0.3) is 32.9 Å². The Morgan fingerprint density at radius 3 is 1.66 bits per heavy atom. The summed E-state index contributed by atoms with van der Waals surface area (Å²) in [5.41, 5.74) is 7.38. The van der Waals surface area contributed by atoms with E-state index in [4.69, 9.17) is 9.47 Å². The van der Waals surface area contributed by atoms with E-state index in [1.807, 2.05) is 12.1 Å². The Bertz CT molecular complexity index is 1220. The van der Waals surface area contributed by atoms with Crippen LogP contribution in [0.15, 0.2) is 54.6 Å². The number of hydrogen-bond acceptors (Lipinski definition) is 2. The summed E-state index contributed by atoms with van der Waals surface area (Å²) in [6.07, 6.45) is 0. The molecule has 0 aliphatic rings. The lowest BCUT2D eigenvalue weighted by Gasteiger charge is -2.15. The predicted octanol–water partition coefficient (Wildman–Crippen LogP) is 6.42. The minimum absolute atomic E-state index is 0.858. The molecular formula is C24H24BF4NO2. The van der Waals surface area contributed by atoms with Crippen molar-refractivity contribution in [2.24, 2.45) is 7.05 Å². The summed E-state index contributed by atoms with van der Waals surface area (Å²) in [4.78, 5) is 0. The molecule has 0 unspecified atom stereocenters. The summed E-state index contributed by atoms with van der Waals surface area (Å²) < 4.78 is 52.3. The van der Waals surface area contributed by atoms with Crippen LogP contribution >= 0.6 is 0 Å². The largest absolute Gasteiger partial charge is 0.673 e. The second kappa shape index (κ2) is 9.06.